The van der Waals surface area contributed by atoms with Gasteiger partial charge in [-0.2, -0.15) is 0 Å². The van der Waals surface area contributed by atoms with E-state index in [4.69, 9.17) is 10.5 Å². The van der Waals surface area contributed by atoms with Gasteiger partial charge in [0, 0.05) is 15.4 Å². The highest BCUT2D eigenvalue weighted by molar-refractivity contribution is 9.11. The molecule has 0 aliphatic heterocycles. The fourth-order valence-electron chi connectivity index (χ4n) is 1.51. The number of ether oxygens (including phenoxy) is 1. The van der Waals surface area contributed by atoms with Crippen LogP contribution in [0.15, 0.2) is 27.1 Å². The molecule has 2 N–H and O–H groups in total. The van der Waals surface area contributed by atoms with Crippen molar-refractivity contribution in [3.63, 3.8) is 0 Å². The summed E-state index contributed by atoms with van der Waals surface area (Å²) in [6.07, 6.45) is 0.434. The van der Waals surface area contributed by atoms with Gasteiger partial charge in [-0.15, -0.1) is 0 Å². The Bertz CT molecular complexity index is 399. The van der Waals surface area contributed by atoms with E-state index >= 15 is 0 Å². The molecule has 94 valence electrons. The molecule has 0 saturated carbocycles. The molecule has 1 atom stereocenters. The van der Waals surface area contributed by atoms with Crippen LogP contribution in [-0.2, 0) is 16.0 Å². The van der Waals surface area contributed by atoms with Crippen molar-refractivity contribution in [2.75, 3.05) is 6.61 Å². The highest BCUT2D eigenvalue weighted by Gasteiger charge is 2.30. The Morgan fingerprint density at radius 3 is 2.35 bits per heavy atom. The minimum absolute atomic E-state index is 0.341. The number of halogens is 2. The molecule has 0 aliphatic rings. The van der Waals surface area contributed by atoms with E-state index in [1.165, 1.54) is 0 Å². The Kier molecular flexibility index (Phi) is 5.16. The number of hydrogen-bond donors (Lipinski definition) is 1. The van der Waals surface area contributed by atoms with E-state index in [1.807, 2.05) is 18.2 Å². The monoisotopic (exact) mass is 363 g/mol. The third-order valence-corrected chi connectivity index (χ3v) is 3.15. The van der Waals surface area contributed by atoms with E-state index in [2.05, 4.69) is 31.9 Å². The van der Waals surface area contributed by atoms with Crippen LogP contribution in [0.25, 0.3) is 0 Å². The van der Waals surface area contributed by atoms with Crippen LogP contribution in [-0.4, -0.2) is 18.1 Å². The summed E-state index contributed by atoms with van der Waals surface area (Å²) < 4.78 is 6.84. The van der Waals surface area contributed by atoms with Crippen LogP contribution in [0.4, 0.5) is 0 Å². The van der Waals surface area contributed by atoms with Crippen molar-refractivity contribution in [2.24, 2.45) is 5.73 Å². The first-order valence-electron chi connectivity index (χ1n) is 5.26. The smallest absolute Gasteiger partial charge is 0.326 e. The molecule has 1 aromatic rings. The largest absolute Gasteiger partial charge is 0.465 e. The number of esters is 1. The van der Waals surface area contributed by atoms with Crippen LogP contribution in [0.2, 0.25) is 0 Å². The summed E-state index contributed by atoms with van der Waals surface area (Å²) in [5, 5.41) is 0. The molecule has 0 heterocycles. The quantitative estimate of drug-likeness (QED) is 0.835. The second kappa shape index (κ2) is 5.98. The second-order valence-corrected chi connectivity index (χ2v) is 5.92. The first-order chi connectivity index (χ1) is 7.85. The number of rotatable bonds is 4. The van der Waals surface area contributed by atoms with Crippen LogP contribution in [0.3, 0.4) is 0 Å². The molecule has 0 unspecified atom stereocenters. The molecule has 0 bridgehead atoms. The van der Waals surface area contributed by atoms with Crippen LogP contribution >= 0.6 is 31.9 Å². The molecule has 0 saturated heterocycles. The third kappa shape index (κ3) is 4.41. The number of carbonyl (C=O) groups excluding carboxylic acids is 1. The van der Waals surface area contributed by atoms with Gasteiger partial charge in [-0.25, -0.2) is 0 Å². The summed E-state index contributed by atoms with van der Waals surface area (Å²) in [7, 11) is 0. The lowest BCUT2D eigenvalue weighted by molar-refractivity contribution is -0.148. The van der Waals surface area contributed by atoms with Crippen LogP contribution in [0.5, 0.6) is 0 Å². The predicted octanol–water partition coefficient (Wildman–Crippen LogP) is 3.03. The van der Waals surface area contributed by atoms with E-state index in [0.29, 0.717) is 13.0 Å². The summed E-state index contributed by atoms with van der Waals surface area (Å²) in [4.78, 5) is 11.7. The molecule has 5 heteroatoms. The van der Waals surface area contributed by atoms with Crippen LogP contribution in [0.1, 0.15) is 19.4 Å². The van der Waals surface area contributed by atoms with Crippen molar-refractivity contribution in [3.05, 3.63) is 32.7 Å². The Labute approximate surface area is 118 Å². The van der Waals surface area contributed by atoms with Gasteiger partial charge in [0.25, 0.3) is 0 Å². The lowest BCUT2D eigenvalue weighted by atomic mass is 9.94. The van der Waals surface area contributed by atoms with Crippen molar-refractivity contribution in [1.82, 2.24) is 0 Å². The summed E-state index contributed by atoms with van der Waals surface area (Å²) in [6, 6.07) is 5.81. The van der Waals surface area contributed by atoms with Gasteiger partial charge in [-0.05, 0) is 37.6 Å². The Morgan fingerprint density at radius 1 is 1.35 bits per heavy atom. The zero-order chi connectivity index (χ0) is 13.1. The van der Waals surface area contributed by atoms with E-state index in [9.17, 15) is 4.79 Å². The molecule has 0 amide bonds. The zero-order valence-corrected chi connectivity index (χ0v) is 13.0. The van der Waals surface area contributed by atoms with Gasteiger partial charge in [0.15, 0.2) is 0 Å². The fraction of sp³-hybridized carbons (Fsp3) is 0.417. The summed E-state index contributed by atoms with van der Waals surface area (Å²) in [5.41, 5.74) is 5.95. The van der Waals surface area contributed by atoms with Gasteiger partial charge in [-0.3, -0.25) is 4.79 Å². The van der Waals surface area contributed by atoms with Crippen molar-refractivity contribution in [1.29, 1.82) is 0 Å². The van der Waals surface area contributed by atoms with E-state index in [1.54, 1.807) is 13.8 Å². The minimum atomic E-state index is -1.00. The van der Waals surface area contributed by atoms with Gasteiger partial charge in [0.2, 0.25) is 0 Å². The minimum Gasteiger partial charge on any atom is -0.465 e. The molecule has 0 aromatic heterocycles. The van der Waals surface area contributed by atoms with E-state index < -0.39 is 5.54 Å². The lowest BCUT2D eigenvalue weighted by Gasteiger charge is -2.22. The van der Waals surface area contributed by atoms with Gasteiger partial charge in [-0.1, -0.05) is 31.9 Å². The summed E-state index contributed by atoms with van der Waals surface area (Å²) in [5.74, 6) is -0.379. The molecule has 0 radical (unpaired) electrons. The average molecular weight is 365 g/mol. The average Bonchev–Trinajstić information content (AvgIpc) is 2.15. The van der Waals surface area contributed by atoms with Gasteiger partial charge in [0.05, 0.1) is 6.61 Å². The van der Waals surface area contributed by atoms with Crippen molar-refractivity contribution in [2.45, 2.75) is 25.8 Å². The molecule has 1 aromatic carbocycles. The molecule has 3 nitrogen and oxygen atoms in total. The predicted molar refractivity (Wildman–Crippen MR) is 74.8 cm³/mol. The number of benzene rings is 1. The van der Waals surface area contributed by atoms with Crippen LogP contribution < -0.4 is 5.73 Å². The summed E-state index contributed by atoms with van der Waals surface area (Å²) in [6.45, 7) is 3.79. The Morgan fingerprint density at radius 2 is 1.88 bits per heavy atom. The van der Waals surface area contributed by atoms with E-state index in [-0.39, 0.29) is 5.97 Å². The van der Waals surface area contributed by atoms with Crippen molar-refractivity contribution < 1.29 is 9.53 Å². The zero-order valence-electron chi connectivity index (χ0n) is 9.80. The van der Waals surface area contributed by atoms with Gasteiger partial charge in [0.1, 0.15) is 5.54 Å². The van der Waals surface area contributed by atoms with Gasteiger partial charge < -0.3 is 10.5 Å². The van der Waals surface area contributed by atoms with Crippen molar-refractivity contribution in [3.8, 4) is 0 Å². The molecular formula is C12H15Br2NO2. The number of nitrogens with two attached hydrogens (primary N) is 1. The highest BCUT2D eigenvalue weighted by atomic mass is 79.9. The second-order valence-electron chi connectivity index (χ2n) is 4.09. The van der Waals surface area contributed by atoms with E-state index in [0.717, 1.165) is 14.5 Å². The highest BCUT2D eigenvalue weighted by Crippen LogP contribution is 2.22. The van der Waals surface area contributed by atoms with Crippen molar-refractivity contribution >= 4 is 37.8 Å². The maximum atomic E-state index is 11.7. The fourth-order valence-corrected chi connectivity index (χ4v) is 2.89. The topological polar surface area (TPSA) is 52.3 Å². The molecule has 0 aliphatic carbocycles. The van der Waals surface area contributed by atoms with Gasteiger partial charge >= 0.3 is 5.97 Å². The molecular weight excluding hydrogens is 350 g/mol. The first-order valence-corrected chi connectivity index (χ1v) is 6.85. The molecule has 0 fully saturated rings. The maximum absolute atomic E-state index is 11.7. The van der Waals surface area contributed by atoms with Crippen LogP contribution in [0, 0.1) is 0 Å². The Balaban J connectivity index is 2.85. The SMILES string of the molecule is CCOC(=O)[C@](C)(N)Cc1cc(Br)cc(Br)c1. The number of carbonyl (C=O) groups is 1. The lowest BCUT2D eigenvalue weighted by Crippen LogP contribution is -2.48. The third-order valence-electron chi connectivity index (χ3n) is 2.24. The number of hydrogen-bond acceptors (Lipinski definition) is 3. The molecule has 1 rings (SSSR count). The standard InChI is InChI=1S/C12H15Br2NO2/c1-3-17-11(16)12(2,15)7-8-4-9(13)6-10(14)5-8/h4-6H,3,7,15H2,1-2H3/t12-/m1/s1. The normalized spacial score (nSPS) is 14.2. The summed E-state index contributed by atoms with van der Waals surface area (Å²) >= 11 is 6.80. The maximum Gasteiger partial charge on any atom is 0.326 e. The Hall–Kier alpha value is -0.390. The molecule has 17 heavy (non-hydrogen) atoms. The first kappa shape index (κ1) is 14.7. The molecule has 0 spiro atoms.